The fourth-order valence-electron chi connectivity index (χ4n) is 2.62. The monoisotopic (exact) mass is 296 g/mol. The van der Waals surface area contributed by atoms with E-state index in [1.165, 1.54) is 43.7 Å². The highest BCUT2D eigenvalue weighted by molar-refractivity contribution is 7.17. The number of aromatic nitrogens is 1. The number of nitrogens with one attached hydrogen (secondary N) is 1. The molecule has 0 saturated carbocycles. The summed E-state index contributed by atoms with van der Waals surface area (Å²) in [7, 11) is 0. The van der Waals surface area contributed by atoms with E-state index in [9.17, 15) is 4.79 Å². The van der Waals surface area contributed by atoms with E-state index < -0.39 is 0 Å². The van der Waals surface area contributed by atoms with Crippen LogP contribution in [-0.4, -0.2) is 42.0 Å². The van der Waals surface area contributed by atoms with E-state index >= 15 is 0 Å². The summed E-state index contributed by atoms with van der Waals surface area (Å²) >= 11 is 1.25. The van der Waals surface area contributed by atoms with Crippen LogP contribution in [0.25, 0.3) is 0 Å². The second-order valence-corrected chi connectivity index (χ2v) is 6.67. The molecule has 0 spiro atoms. The molecule has 1 aliphatic rings. The number of anilines is 1. The summed E-state index contributed by atoms with van der Waals surface area (Å²) in [6.07, 6.45) is 3.96. The molecule has 0 bridgehead atoms. The molecule has 1 saturated heterocycles. The maximum Gasteiger partial charge on any atom is 0.263 e. The van der Waals surface area contributed by atoms with Gasteiger partial charge in [-0.1, -0.05) is 24.7 Å². The van der Waals surface area contributed by atoms with E-state index in [-0.39, 0.29) is 5.91 Å². The summed E-state index contributed by atoms with van der Waals surface area (Å²) in [5.41, 5.74) is 6.33. The van der Waals surface area contributed by atoms with E-state index in [1.54, 1.807) is 0 Å². The average molecular weight is 296 g/mol. The predicted octanol–water partition coefficient (Wildman–Crippen LogP) is 1.89. The molecule has 1 aliphatic heterocycles. The summed E-state index contributed by atoms with van der Waals surface area (Å²) < 4.78 is 0. The fraction of sp³-hybridized carbons (Fsp3) is 0.714. The zero-order valence-electron chi connectivity index (χ0n) is 12.3. The molecule has 0 aliphatic carbocycles. The molecule has 1 amide bonds. The first-order chi connectivity index (χ1) is 9.56. The molecule has 3 N–H and O–H groups in total. The van der Waals surface area contributed by atoms with Gasteiger partial charge in [-0.2, -0.15) is 0 Å². The van der Waals surface area contributed by atoms with Crippen LogP contribution in [0.3, 0.4) is 0 Å². The minimum absolute atomic E-state index is 0.0535. The molecule has 6 heteroatoms. The lowest BCUT2D eigenvalue weighted by Crippen LogP contribution is -2.38. The van der Waals surface area contributed by atoms with E-state index in [4.69, 9.17) is 5.73 Å². The van der Waals surface area contributed by atoms with E-state index in [2.05, 4.69) is 22.1 Å². The van der Waals surface area contributed by atoms with Crippen LogP contribution in [0.5, 0.6) is 0 Å². The van der Waals surface area contributed by atoms with Gasteiger partial charge in [-0.05, 0) is 38.8 Å². The number of hydrogen-bond donors (Lipinski definition) is 2. The number of nitrogens with zero attached hydrogens (tertiary/aromatic N) is 2. The van der Waals surface area contributed by atoms with Crippen LogP contribution in [0.2, 0.25) is 0 Å². The average Bonchev–Trinajstić information content (AvgIpc) is 2.76. The third-order valence-corrected chi connectivity index (χ3v) is 4.63. The first-order valence-corrected chi connectivity index (χ1v) is 8.11. The smallest absolute Gasteiger partial charge is 0.263 e. The molecule has 2 heterocycles. The Bertz CT molecular complexity index is 454. The topological polar surface area (TPSA) is 71.2 Å². The number of nitrogen functional groups attached to an aromatic ring is 1. The highest BCUT2D eigenvalue weighted by Gasteiger charge is 2.17. The Labute approximate surface area is 124 Å². The third-order valence-electron chi connectivity index (χ3n) is 3.65. The number of carbonyl (C=O) groups is 1. The first-order valence-electron chi connectivity index (χ1n) is 7.29. The number of likely N-dealkylation sites (tertiary alicyclic amines) is 1. The zero-order chi connectivity index (χ0) is 14.5. The SMILES string of the molecule is Cc1nc(N)sc1C(=O)NCC(C)CN1CCCCC1. The molecule has 1 atom stereocenters. The Morgan fingerprint density at radius 3 is 2.75 bits per heavy atom. The Morgan fingerprint density at radius 1 is 1.45 bits per heavy atom. The molecule has 1 unspecified atom stereocenters. The van der Waals surface area contributed by atoms with Crippen molar-refractivity contribution in [3.63, 3.8) is 0 Å². The van der Waals surface area contributed by atoms with Gasteiger partial charge in [0.15, 0.2) is 5.13 Å². The normalized spacial score (nSPS) is 17.9. The van der Waals surface area contributed by atoms with Crippen LogP contribution in [0, 0.1) is 12.8 Å². The fourth-order valence-corrected chi connectivity index (χ4v) is 3.37. The van der Waals surface area contributed by atoms with Crippen molar-refractivity contribution in [1.29, 1.82) is 0 Å². The van der Waals surface area contributed by atoms with Crippen LogP contribution < -0.4 is 11.1 Å². The van der Waals surface area contributed by atoms with Crippen molar-refractivity contribution in [1.82, 2.24) is 15.2 Å². The van der Waals surface area contributed by atoms with Crippen molar-refractivity contribution in [3.8, 4) is 0 Å². The van der Waals surface area contributed by atoms with Crippen LogP contribution in [0.4, 0.5) is 5.13 Å². The van der Waals surface area contributed by atoms with Gasteiger partial charge in [0.1, 0.15) is 4.88 Å². The highest BCUT2D eigenvalue weighted by Crippen LogP contribution is 2.19. The number of hydrogen-bond acceptors (Lipinski definition) is 5. The van der Waals surface area contributed by atoms with Crippen LogP contribution in [0.1, 0.15) is 41.6 Å². The Hall–Kier alpha value is -1.14. The molecular formula is C14H24N4OS. The second-order valence-electron chi connectivity index (χ2n) is 5.64. The number of amides is 1. The number of nitrogens with two attached hydrogens (primary N) is 1. The van der Waals surface area contributed by atoms with Gasteiger partial charge in [-0.3, -0.25) is 4.79 Å². The number of rotatable bonds is 5. The van der Waals surface area contributed by atoms with Gasteiger partial charge < -0.3 is 16.0 Å². The van der Waals surface area contributed by atoms with Crippen molar-refractivity contribution in [2.45, 2.75) is 33.1 Å². The first kappa shape index (κ1) is 15.3. The summed E-state index contributed by atoms with van der Waals surface area (Å²) in [4.78, 5) is 19.3. The van der Waals surface area contributed by atoms with Gasteiger partial charge in [0, 0.05) is 13.1 Å². The lowest BCUT2D eigenvalue weighted by Gasteiger charge is -2.29. The molecule has 0 aromatic carbocycles. The summed E-state index contributed by atoms with van der Waals surface area (Å²) in [5.74, 6) is 0.407. The van der Waals surface area contributed by atoms with Crippen LogP contribution >= 0.6 is 11.3 Å². The summed E-state index contributed by atoms with van der Waals surface area (Å²) in [6, 6.07) is 0. The van der Waals surface area contributed by atoms with E-state index in [0.717, 1.165) is 6.54 Å². The number of aryl methyl sites for hydroxylation is 1. The van der Waals surface area contributed by atoms with Crippen molar-refractivity contribution >= 4 is 22.4 Å². The lowest BCUT2D eigenvalue weighted by molar-refractivity contribution is 0.0946. The van der Waals surface area contributed by atoms with Crippen LogP contribution in [0.15, 0.2) is 0 Å². The molecular weight excluding hydrogens is 272 g/mol. The Kier molecular flexibility index (Phi) is 5.37. The van der Waals surface area contributed by atoms with Crippen molar-refractivity contribution in [2.24, 2.45) is 5.92 Å². The van der Waals surface area contributed by atoms with Crippen LogP contribution in [-0.2, 0) is 0 Å². The molecule has 5 nitrogen and oxygen atoms in total. The standard InChI is InChI=1S/C14H24N4OS/c1-10(9-18-6-4-3-5-7-18)8-16-13(19)12-11(2)17-14(15)20-12/h10H,3-9H2,1-2H3,(H2,15,17)(H,16,19). The largest absolute Gasteiger partial charge is 0.375 e. The lowest BCUT2D eigenvalue weighted by atomic mass is 10.1. The minimum Gasteiger partial charge on any atom is -0.375 e. The molecule has 2 rings (SSSR count). The zero-order valence-corrected chi connectivity index (χ0v) is 13.1. The Balaban J connectivity index is 1.76. The third kappa shape index (κ3) is 4.18. The van der Waals surface area contributed by atoms with E-state index in [0.29, 0.717) is 28.2 Å². The molecule has 20 heavy (non-hydrogen) atoms. The number of piperidine rings is 1. The maximum absolute atomic E-state index is 12.1. The highest BCUT2D eigenvalue weighted by atomic mass is 32.1. The number of thiazole rings is 1. The van der Waals surface area contributed by atoms with Gasteiger partial charge in [-0.15, -0.1) is 0 Å². The second kappa shape index (κ2) is 7.04. The molecule has 1 aromatic heterocycles. The van der Waals surface area contributed by atoms with Gasteiger partial charge >= 0.3 is 0 Å². The van der Waals surface area contributed by atoms with Gasteiger partial charge in [0.25, 0.3) is 5.91 Å². The molecule has 112 valence electrons. The molecule has 0 radical (unpaired) electrons. The van der Waals surface area contributed by atoms with Gasteiger partial charge in [-0.25, -0.2) is 4.98 Å². The van der Waals surface area contributed by atoms with Gasteiger partial charge in [0.05, 0.1) is 5.69 Å². The minimum atomic E-state index is -0.0535. The van der Waals surface area contributed by atoms with E-state index in [1.807, 2.05) is 6.92 Å². The quantitative estimate of drug-likeness (QED) is 0.870. The van der Waals surface area contributed by atoms with Crippen molar-refractivity contribution < 1.29 is 4.79 Å². The summed E-state index contributed by atoms with van der Waals surface area (Å²) in [6.45, 7) is 8.16. The predicted molar refractivity (Wildman–Crippen MR) is 83.1 cm³/mol. The number of carbonyl (C=O) groups excluding carboxylic acids is 1. The molecule has 1 aromatic rings. The molecule has 1 fully saturated rings. The van der Waals surface area contributed by atoms with Gasteiger partial charge in [0.2, 0.25) is 0 Å². The van der Waals surface area contributed by atoms with Crippen molar-refractivity contribution in [2.75, 3.05) is 31.9 Å². The summed E-state index contributed by atoms with van der Waals surface area (Å²) in [5, 5.41) is 3.44. The van der Waals surface area contributed by atoms with Crippen molar-refractivity contribution in [3.05, 3.63) is 10.6 Å². The maximum atomic E-state index is 12.1. The Morgan fingerprint density at radius 2 is 2.15 bits per heavy atom.